The molecule has 2 heterocycles. The lowest BCUT2D eigenvalue weighted by atomic mass is 10.1. The van der Waals surface area contributed by atoms with E-state index in [0.717, 1.165) is 21.3 Å². The van der Waals surface area contributed by atoms with E-state index >= 15 is 0 Å². The van der Waals surface area contributed by atoms with Gasteiger partial charge in [-0.3, -0.25) is 9.48 Å². The molecular formula is C20H21BrN4O3. The number of halogens is 1. The molecule has 8 heteroatoms. The normalized spacial score (nSPS) is 10.8. The van der Waals surface area contributed by atoms with Gasteiger partial charge >= 0.3 is 5.97 Å². The molecule has 1 aromatic carbocycles. The van der Waals surface area contributed by atoms with Gasteiger partial charge in [-0.2, -0.15) is 5.10 Å². The molecule has 3 rings (SSSR count). The average Bonchev–Trinajstić information content (AvgIpc) is 3.10. The predicted octanol–water partition coefficient (Wildman–Crippen LogP) is 4.14. The molecular weight excluding hydrogens is 424 g/mol. The average molecular weight is 445 g/mol. The maximum Gasteiger partial charge on any atom is 0.339 e. The highest BCUT2D eigenvalue weighted by molar-refractivity contribution is 9.10. The van der Waals surface area contributed by atoms with E-state index in [4.69, 9.17) is 4.74 Å². The van der Waals surface area contributed by atoms with E-state index in [9.17, 15) is 9.59 Å². The van der Waals surface area contributed by atoms with Crippen molar-refractivity contribution in [2.75, 3.05) is 12.4 Å². The summed E-state index contributed by atoms with van der Waals surface area (Å²) >= 11 is 3.43. The predicted molar refractivity (Wildman–Crippen MR) is 111 cm³/mol. The first-order valence-electron chi connectivity index (χ1n) is 8.63. The first kappa shape index (κ1) is 19.9. The fourth-order valence-corrected chi connectivity index (χ4v) is 3.58. The van der Waals surface area contributed by atoms with Crippen LogP contribution in [0.2, 0.25) is 0 Å². The molecule has 2 aromatic heterocycles. The van der Waals surface area contributed by atoms with Crippen LogP contribution >= 0.6 is 15.9 Å². The van der Waals surface area contributed by atoms with Crippen LogP contribution in [0.15, 0.2) is 28.7 Å². The van der Waals surface area contributed by atoms with Crippen molar-refractivity contribution < 1.29 is 14.3 Å². The van der Waals surface area contributed by atoms with Crippen molar-refractivity contribution in [3.63, 3.8) is 0 Å². The molecule has 0 spiro atoms. The van der Waals surface area contributed by atoms with Crippen LogP contribution in [-0.4, -0.2) is 33.8 Å². The number of hydrogen-bond donors (Lipinski definition) is 2. The van der Waals surface area contributed by atoms with E-state index in [1.54, 1.807) is 25.6 Å². The van der Waals surface area contributed by atoms with Gasteiger partial charge in [0.15, 0.2) is 0 Å². The summed E-state index contributed by atoms with van der Waals surface area (Å²) in [6.45, 7) is 5.35. The summed E-state index contributed by atoms with van der Waals surface area (Å²) in [7, 11) is 3.09. The molecule has 0 bridgehead atoms. The number of esters is 1. The number of aromatic amines is 1. The second kappa shape index (κ2) is 7.63. The standard InChI is InChI=1S/C20H21BrN4O3/c1-10-15(20(27)28-5)11(2)22-17(10)19(26)23-18-16(12(3)24-25(18)4)13-6-8-14(21)9-7-13/h6-9,22H,1-5H3,(H,23,26). The number of amides is 1. The third-order valence-corrected chi connectivity index (χ3v) is 5.17. The molecule has 0 fully saturated rings. The van der Waals surface area contributed by atoms with E-state index in [1.165, 1.54) is 7.11 Å². The Hall–Kier alpha value is -2.87. The molecule has 0 unspecified atom stereocenters. The van der Waals surface area contributed by atoms with Gasteiger partial charge in [-0.25, -0.2) is 4.79 Å². The molecule has 0 saturated heterocycles. The van der Waals surface area contributed by atoms with Gasteiger partial charge < -0.3 is 15.0 Å². The van der Waals surface area contributed by atoms with Crippen molar-refractivity contribution in [3.05, 3.63) is 56.9 Å². The first-order valence-corrected chi connectivity index (χ1v) is 9.42. The highest BCUT2D eigenvalue weighted by atomic mass is 79.9. The van der Waals surface area contributed by atoms with Crippen molar-refractivity contribution in [3.8, 4) is 11.1 Å². The molecule has 3 aromatic rings. The molecule has 0 aliphatic rings. The van der Waals surface area contributed by atoms with Crippen LogP contribution in [0.3, 0.4) is 0 Å². The Kier molecular flexibility index (Phi) is 5.42. The van der Waals surface area contributed by atoms with E-state index in [-0.39, 0.29) is 5.91 Å². The molecule has 0 aliphatic carbocycles. The van der Waals surface area contributed by atoms with Gasteiger partial charge in [0.2, 0.25) is 0 Å². The largest absolute Gasteiger partial charge is 0.465 e. The monoisotopic (exact) mass is 444 g/mol. The van der Waals surface area contributed by atoms with Gasteiger partial charge in [0, 0.05) is 22.8 Å². The van der Waals surface area contributed by atoms with Crippen LogP contribution in [-0.2, 0) is 11.8 Å². The number of carbonyl (C=O) groups excluding carboxylic acids is 2. The van der Waals surface area contributed by atoms with Crippen LogP contribution in [0.1, 0.15) is 37.8 Å². The summed E-state index contributed by atoms with van der Waals surface area (Å²) in [5.41, 5.74) is 4.42. The van der Waals surface area contributed by atoms with Crippen LogP contribution < -0.4 is 5.32 Å². The number of nitrogens with one attached hydrogen (secondary N) is 2. The van der Waals surface area contributed by atoms with Gasteiger partial charge in [0.1, 0.15) is 11.5 Å². The molecule has 7 nitrogen and oxygen atoms in total. The number of anilines is 1. The maximum absolute atomic E-state index is 13.0. The zero-order valence-electron chi connectivity index (χ0n) is 16.3. The molecule has 0 atom stereocenters. The van der Waals surface area contributed by atoms with E-state index in [2.05, 4.69) is 31.3 Å². The fourth-order valence-electron chi connectivity index (χ4n) is 3.32. The lowest BCUT2D eigenvalue weighted by molar-refractivity contribution is 0.0599. The minimum absolute atomic E-state index is 0.318. The fraction of sp³-hybridized carbons (Fsp3) is 0.250. The SMILES string of the molecule is COC(=O)c1c(C)[nH]c(C(=O)Nc2c(-c3ccc(Br)cc3)c(C)nn2C)c1C. The Morgan fingerprint density at radius 3 is 2.43 bits per heavy atom. The summed E-state index contributed by atoms with van der Waals surface area (Å²) in [6.07, 6.45) is 0. The topological polar surface area (TPSA) is 89.0 Å². The number of rotatable bonds is 4. The van der Waals surface area contributed by atoms with E-state index in [1.807, 2.05) is 31.2 Å². The van der Waals surface area contributed by atoms with Crippen molar-refractivity contribution in [2.45, 2.75) is 20.8 Å². The summed E-state index contributed by atoms with van der Waals surface area (Å²) < 4.78 is 7.41. The summed E-state index contributed by atoms with van der Waals surface area (Å²) in [5.74, 6) is -0.245. The lowest BCUT2D eigenvalue weighted by Gasteiger charge is -2.09. The zero-order valence-corrected chi connectivity index (χ0v) is 17.9. The van der Waals surface area contributed by atoms with Gasteiger partial charge in [-0.1, -0.05) is 28.1 Å². The second-order valence-corrected chi connectivity index (χ2v) is 7.43. The molecule has 0 radical (unpaired) electrons. The minimum atomic E-state index is -0.475. The Morgan fingerprint density at radius 2 is 1.82 bits per heavy atom. The maximum atomic E-state index is 13.0. The number of ether oxygens (including phenoxy) is 1. The van der Waals surface area contributed by atoms with Crippen LogP contribution in [0.5, 0.6) is 0 Å². The second-order valence-electron chi connectivity index (χ2n) is 6.51. The minimum Gasteiger partial charge on any atom is -0.465 e. The molecule has 0 saturated carbocycles. The third kappa shape index (κ3) is 3.47. The van der Waals surface area contributed by atoms with Crippen LogP contribution in [0.4, 0.5) is 5.82 Å². The zero-order chi connectivity index (χ0) is 20.6. The quantitative estimate of drug-likeness (QED) is 0.591. The summed E-state index contributed by atoms with van der Waals surface area (Å²) in [5, 5.41) is 7.38. The number of carbonyl (C=O) groups is 2. The lowest BCUT2D eigenvalue weighted by Crippen LogP contribution is -2.17. The molecule has 0 aliphatic heterocycles. The van der Waals surface area contributed by atoms with Crippen LogP contribution in [0, 0.1) is 20.8 Å². The number of aryl methyl sites for hydroxylation is 3. The Labute approximate surface area is 171 Å². The van der Waals surface area contributed by atoms with Crippen molar-refractivity contribution in [2.24, 2.45) is 7.05 Å². The number of hydrogen-bond acceptors (Lipinski definition) is 4. The van der Waals surface area contributed by atoms with Gasteiger partial charge in [0.25, 0.3) is 5.91 Å². The number of aromatic nitrogens is 3. The summed E-state index contributed by atoms with van der Waals surface area (Å²) in [4.78, 5) is 27.9. The van der Waals surface area contributed by atoms with E-state index in [0.29, 0.717) is 28.3 Å². The van der Waals surface area contributed by atoms with Crippen LogP contribution in [0.25, 0.3) is 11.1 Å². The van der Waals surface area contributed by atoms with Gasteiger partial charge in [-0.05, 0) is 44.0 Å². The number of benzene rings is 1. The molecule has 146 valence electrons. The number of methoxy groups -OCH3 is 1. The highest BCUT2D eigenvalue weighted by Gasteiger charge is 2.24. The Bertz CT molecular complexity index is 1060. The van der Waals surface area contributed by atoms with Crippen molar-refractivity contribution >= 4 is 33.6 Å². The third-order valence-electron chi connectivity index (χ3n) is 4.64. The first-order chi connectivity index (χ1) is 13.2. The van der Waals surface area contributed by atoms with Crippen molar-refractivity contribution in [1.29, 1.82) is 0 Å². The van der Waals surface area contributed by atoms with Gasteiger partial charge in [-0.15, -0.1) is 0 Å². The highest BCUT2D eigenvalue weighted by Crippen LogP contribution is 2.32. The number of H-pyrrole nitrogens is 1. The van der Waals surface area contributed by atoms with E-state index < -0.39 is 5.97 Å². The summed E-state index contributed by atoms with van der Waals surface area (Å²) in [6, 6.07) is 7.80. The molecule has 28 heavy (non-hydrogen) atoms. The van der Waals surface area contributed by atoms with Gasteiger partial charge in [0.05, 0.1) is 18.4 Å². The molecule has 1 amide bonds. The number of nitrogens with zero attached hydrogens (tertiary/aromatic N) is 2. The Balaban J connectivity index is 2.00. The molecule has 2 N–H and O–H groups in total. The van der Waals surface area contributed by atoms with Crippen molar-refractivity contribution in [1.82, 2.24) is 14.8 Å². The Morgan fingerprint density at radius 1 is 1.18 bits per heavy atom. The smallest absolute Gasteiger partial charge is 0.339 e.